The van der Waals surface area contributed by atoms with Gasteiger partial charge in [-0.2, -0.15) is 0 Å². The smallest absolute Gasteiger partial charge is 0.188 e. The molecule has 0 spiro atoms. The summed E-state index contributed by atoms with van der Waals surface area (Å²) in [6.45, 7) is 1.91. The molecule has 1 atom stereocenters. The van der Waals surface area contributed by atoms with Gasteiger partial charge in [-0.25, -0.2) is 4.39 Å². The van der Waals surface area contributed by atoms with E-state index in [2.05, 4.69) is 0 Å². The molecule has 0 radical (unpaired) electrons. The second-order valence-corrected chi connectivity index (χ2v) is 4.52. The van der Waals surface area contributed by atoms with Gasteiger partial charge in [-0.3, -0.25) is 4.79 Å². The first-order chi connectivity index (χ1) is 9.20. The number of ketones is 1. The number of benzene rings is 1. The van der Waals surface area contributed by atoms with E-state index in [1.54, 1.807) is 0 Å². The van der Waals surface area contributed by atoms with Crippen molar-refractivity contribution in [2.45, 2.75) is 6.42 Å². The Hall–Kier alpha value is -1.46. The second kappa shape index (κ2) is 6.63. The summed E-state index contributed by atoms with van der Waals surface area (Å²) in [4.78, 5) is 11.8. The molecule has 104 valence electrons. The van der Waals surface area contributed by atoms with Crippen molar-refractivity contribution in [2.24, 2.45) is 5.92 Å². The van der Waals surface area contributed by atoms with E-state index in [1.807, 2.05) is 0 Å². The molecule has 1 aromatic rings. The third-order valence-electron chi connectivity index (χ3n) is 3.08. The normalized spacial score (nSPS) is 18.5. The molecule has 1 aromatic carbocycles. The summed E-state index contributed by atoms with van der Waals surface area (Å²) in [7, 11) is 1.38. The summed E-state index contributed by atoms with van der Waals surface area (Å²) in [5.74, 6) is -0.293. The summed E-state index contributed by atoms with van der Waals surface area (Å²) in [5, 5.41) is 0. The molecule has 1 unspecified atom stereocenters. The van der Waals surface area contributed by atoms with Crippen molar-refractivity contribution in [3.05, 3.63) is 29.6 Å². The minimum atomic E-state index is -0.544. The highest BCUT2D eigenvalue weighted by molar-refractivity contribution is 5.97. The van der Waals surface area contributed by atoms with Crippen LogP contribution in [0.4, 0.5) is 4.39 Å². The van der Waals surface area contributed by atoms with Gasteiger partial charge in [0.05, 0.1) is 20.3 Å². The van der Waals surface area contributed by atoms with E-state index in [0.29, 0.717) is 24.7 Å². The zero-order valence-corrected chi connectivity index (χ0v) is 10.9. The van der Waals surface area contributed by atoms with Crippen LogP contribution in [0.3, 0.4) is 0 Å². The number of Topliss-reactive ketones (excluding diaryl/α,β-unsaturated/α-hetero) is 1. The Morgan fingerprint density at radius 3 is 3.00 bits per heavy atom. The molecule has 1 saturated heterocycles. The third kappa shape index (κ3) is 3.75. The monoisotopic (exact) mass is 268 g/mol. The van der Waals surface area contributed by atoms with Crippen LogP contribution < -0.4 is 4.74 Å². The molecule has 0 N–H and O–H groups in total. The highest BCUT2D eigenvalue weighted by Gasteiger charge is 2.17. The van der Waals surface area contributed by atoms with Crippen LogP contribution in [0.25, 0.3) is 0 Å². The predicted octanol–water partition coefficient (Wildman–Crippen LogP) is 2.07. The summed E-state index contributed by atoms with van der Waals surface area (Å²) in [5.41, 5.74) is 0.293. The molecule has 1 aliphatic rings. The first-order valence-corrected chi connectivity index (χ1v) is 6.23. The zero-order chi connectivity index (χ0) is 13.7. The van der Waals surface area contributed by atoms with Crippen LogP contribution in [0.1, 0.15) is 16.8 Å². The molecule has 1 fully saturated rings. The van der Waals surface area contributed by atoms with Gasteiger partial charge in [0.15, 0.2) is 17.3 Å². The molecule has 0 amide bonds. The van der Waals surface area contributed by atoms with Crippen LogP contribution in [-0.2, 0) is 9.47 Å². The molecule has 4 nitrogen and oxygen atoms in total. The van der Waals surface area contributed by atoms with Gasteiger partial charge in [0.25, 0.3) is 0 Å². The first-order valence-electron chi connectivity index (χ1n) is 6.23. The van der Waals surface area contributed by atoms with Gasteiger partial charge in [-0.1, -0.05) is 0 Å². The van der Waals surface area contributed by atoms with Crippen LogP contribution in [0, 0.1) is 11.7 Å². The summed E-state index contributed by atoms with van der Waals surface area (Å²) in [6.07, 6.45) is 0.964. The fraction of sp³-hybridized carbons (Fsp3) is 0.500. The topological polar surface area (TPSA) is 44.8 Å². The van der Waals surface area contributed by atoms with E-state index in [9.17, 15) is 9.18 Å². The maximum atomic E-state index is 13.4. The first kappa shape index (κ1) is 14.0. The van der Waals surface area contributed by atoms with Crippen molar-refractivity contribution < 1.29 is 23.4 Å². The number of ether oxygens (including phenoxy) is 3. The minimum absolute atomic E-state index is 0.0394. The lowest BCUT2D eigenvalue weighted by Crippen LogP contribution is -2.15. The Morgan fingerprint density at radius 2 is 2.37 bits per heavy atom. The van der Waals surface area contributed by atoms with E-state index in [4.69, 9.17) is 14.2 Å². The second-order valence-electron chi connectivity index (χ2n) is 4.52. The molecule has 2 rings (SSSR count). The van der Waals surface area contributed by atoms with Crippen molar-refractivity contribution in [1.82, 2.24) is 0 Å². The number of halogens is 1. The van der Waals surface area contributed by atoms with Gasteiger partial charge in [0.1, 0.15) is 6.61 Å². The Balaban J connectivity index is 1.83. The Labute approximate surface area is 111 Å². The van der Waals surface area contributed by atoms with E-state index < -0.39 is 5.82 Å². The quantitative estimate of drug-likeness (QED) is 0.741. The van der Waals surface area contributed by atoms with Crippen molar-refractivity contribution in [1.29, 1.82) is 0 Å². The molecule has 0 aromatic heterocycles. The van der Waals surface area contributed by atoms with E-state index in [0.717, 1.165) is 13.0 Å². The number of methoxy groups -OCH3 is 1. The van der Waals surface area contributed by atoms with E-state index in [1.165, 1.54) is 25.3 Å². The highest BCUT2D eigenvalue weighted by Crippen LogP contribution is 2.18. The maximum Gasteiger partial charge on any atom is 0.188 e. The Bertz CT molecular complexity index is 441. The molecule has 19 heavy (non-hydrogen) atoms. The van der Waals surface area contributed by atoms with Crippen molar-refractivity contribution in [3.63, 3.8) is 0 Å². The van der Waals surface area contributed by atoms with Gasteiger partial charge in [-0.15, -0.1) is 0 Å². The van der Waals surface area contributed by atoms with Gasteiger partial charge >= 0.3 is 0 Å². The zero-order valence-electron chi connectivity index (χ0n) is 10.9. The van der Waals surface area contributed by atoms with Crippen molar-refractivity contribution in [3.8, 4) is 5.75 Å². The Morgan fingerprint density at radius 1 is 1.53 bits per heavy atom. The molecular weight excluding hydrogens is 251 g/mol. The Kier molecular flexibility index (Phi) is 4.87. The summed E-state index contributed by atoms with van der Waals surface area (Å²) >= 11 is 0. The number of rotatable bonds is 6. The molecule has 0 bridgehead atoms. The van der Waals surface area contributed by atoms with E-state index >= 15 is 0 Å². The number of carbonyl (C=O) groups is 1. The van der Waals surface area contributed by atoms with Gasteiger partial charge < -0.3 is 14.2 Å². The highest BCUT2D eigenvalue weighted by atomic mass is 19.1. The molecule has 1 heterocycles. The van der Waals surface area contributed by atoms with Crippen LogP contribution in [0.2, 0.25) is 0 Å². The largest absolute Gasteiger partial charge is 0.494 e. The van der Waals surface area contributed by atoms with E-state index in [-0.39, 0.29) is 18.1 Å². The minimum Gasteiger partial charge on any atom is -0.494 e. The molecular formula is C14H17FO4. The SMILES string of the molecule is COc1ccc(C(=O)COCC2CCOC2)cc1F. The lowest BCUT2D eigenvalue weighted by molar-refractivity contribution is 0.0651. The summed E-state index contributed by atoms with van der Waals surface area (Å²) < 4.78 is 28.8. The van der Waals surface area contributed by atoms with Crippen LogP contribution in [0.5, 0.6) is 5.75 Å². The van der Waals surface area contributed by atoms with Crippen molar-refractivity contribution >= 4 is 5.78 Å². The summed E-state index contributed by atoms with van der Waals surface area (Å²) in [6, 6.07) is 4.14. The van der Waals surface area contributed by atoms with Gasteiger partial charge in [0.2, 0.25) is 0 Å². The van der Waals surface area contributed by atoms with Crippen LogP contribution >= 0.6 is 0 Å². The standard InChI is InChI=1S/C14H17FO4/c1-17-14-3-2-11(6-12(14)15)13(16)9-19-8-10-4-5-18-7-10/h2-3,6,10H,4-5,7-9H2,1H3. The molecule has 5 heteroatoms. The van der Waals surface area contributed by atoms with Crippen LogP contribution in [0.15, 0.2) is 18.2 Å². The average Bonchev–Trinajstić information content (AvgIpc) is 2.91. The van der Waals surface area contributed by atoms with Gasteiger partial charge in [0, 0.05) is 18.1 Å². The third-order valence-corrected chi connectivity index (χ3v) is 3.08. The molecule has 0 aliphatic carbocycles. The lowest BCUT2D eigenvalue weighted by Gasteiger charge is -2.08. The number of carbonyl (C=O) groups excluding carboxylic acids is 1. The molecule has 0 saturated carbocycles. The van der Waals surface area contributed by atoms with Crippen LogP contribution in [-0.4, -0.2) is 39.3 Å². The fourth-order valence-corrected chi connectivity index (χ4v) is 1.96. The number of hydrogen-bond donors (Lipinski definition) is 0. The predicted molar refractivity (Wildman–Crippen MR) is 67.0 cm³/mol. The lowest BCUT2D eigenvalue weighted by atomic mass is 10.1. The van der Waals surface area contributed by atoms with Gasteiger partial charge in [-0.05, 0) is 24.6 Å². The number of hydrogen-bond acceptors (Lipinski definition) is 4. The fourth-order valence-electron chi connectivity index (χ4n) is 1.96. The molecule has 1 aliphatic heterocycles. The average molecular weight is 268 g/mol. The van der Waals surface area contributed by atoms with Crippen molar-refractivity contribution in [2.75, 3.05) is 33.5 Å². The maximum absolute atomic E-state index is 13.4.